The van der Waals surface area contributed by atoms with Gasteiger partial charge in [0.2, 0.25) is 0 Å². The summed E-state index contributed by atoms with van der Waals surface area (Å²) < 4.78 is 18.5. The van der Waals surface area contributed by atoms with Gasteiger partial charge in [-0.2, -0.15) is 0 Å². The number of aryl methyl sites for hydroxylation is 1. The zero-order valence-electron chi connectivity index (χ0n) is 11.2. The highest BCUT2D eigenvalue weighted by atomic mass is 19.1. The minimum absolute atomic E-state index is 0.00897. The lowest BCUT2D eigenvalue weighted by Gasteiger charge is -2.11. The first-order valence-corrected chi connectivity index (χ1v) is 6.02. The molecule has 0 heterocycles. The van der Waals surface area contributed by atoms with Gasteiger partial charge in [0.25, 0.3) is 5.91 Å². The van der Waals surface area contributed by atoms with Gasteiger partial charge >= 0.3 is 0 Å². The van der Waals surface area contributed by atoms with Crippen LogP contribution in [0.1, 0.15) is 15.9 Å². The lowest BCUT2D eigenvalue weighted by atomic mass is 10.1. The fraction of sp³-hybridized carbons (Fsp3) is 0.133. The summed E-state index contributed by atoms with van der Waals surface area (Å²) in [6.07, 6.45) is 0. The monoisotopic (exact) mass is 274 g/mol. The molecule has 4 nitrogen and oxygen atoms in total. The van der Waals surface area contributed by atoms with Crippen molar-refractivity contribution in [1.29, 1.82) is 0 Å². The fourth-order valence-electron chi connectivity index (χ4n) is 1.78. The number of carbonyl (C=O) groups is 1. The molecule has 0 spiro atoms. The van der Waals surface area contributed by atoms with Gasteiger partial charge in [-0.1, -0.05) is 6.07 Å². The molecule has 0 saturated heterocycles. The Kier molecular flexibility index (Phi) is 3.89. The molecule has 0 atom stereocenters. The van der Waals surface area contributed by atoms with Gasteiger partial charge in [0, 0.05) is 5.56 Å². The van der Waals surface area contributed by atoms with Gasteiger partial charge in [0.05, 0.1) is 18.5 Å². The first-order valence-electron chi connectivity index (χ1n) is 6.02. The van der Waals surface area contributed by atoms with E-state index in [-0.39, 0.29) is 11.3 Å². The lowest BCUT2D eigenvalue weighted by molar-refractivity contribution is 0.102. The van der Waals surface area contributed by atoms with Crippen LogP contribution in [0.25, 0.3) is 0 Å². The summed E-state index contributed by atoms with van der Waals surface area (Å²) in [7, 11) is 1.52. The van der Waals surface area contributed by atoms with Crippen molar-refractivity contribution in [2.45, 2.75) is 6.92 Å². The standard InChI is InChI=1S/C15H15FN2O2/c1-9-3-6-14(20-2)13(7-9)18-15(19)10-4-5-12(17)11(16)8-10/h3-8H,17H2,1-2H3,(H,18,19). The number of nitrogens with two attached hydrogens (primary N) is 1. The SMILES string of the molecule is COc1ccc(C)cc1NC(=O)c1ccc(N)c(F)c1. The minimum atomic E-state index is -0.617. The number of hydrogen-bond acceptors (Lipinski definition) is 3. The summed E-state index contributed by atoms with van der Waals surface area (Å²) in [5, 5.41) is 2.69. The van der Waals surface area contributed by atoms with Crippen LogP contribution in [-0.4, -0.2) is 13.0 Å². The molecule has 20 heavy (non-hydrogen) atoms. The zero-order valence-corrected chi connectivity index (χ0v) is 11.2. The van der Waals surface area contributed by atoms with E-state index >= 15 is 0 Å². The van der Waals surface area contributed by atoms with Crippen LogP contribution in [-0.2, 0) is 0 Å². The average Bonchev–Trinajstić information content (AvgIpc) is 2.42. The predicted octanol–water partition coefficient (Wildman–Crippen LogP) is 2.98. The molecule has 1 amide bonds. The Morgan fingerprint density at radius 1 is 1.25 bits per heavy atom. The van der Waals surface area contributed by atoms with Crippen molar-refractivity contribution in [3.8, 4) is 5.75 Å². The molecule has 0 saturated carbocycles. The van der Waals surface area contributed by atoms with Crippen molar-refractivity contribution < 1.29 is 13.9 Å². The maximum atomic E-state index is 13.4. The van der Waals surface area contributed by atoms with E-state index in [1.54, 1.807) is 12.1 Å². The number of hydrogen-bond donors (Lipinski definition) is 2. The van der Waals surface area contributed by atoms with Crippen molar-refractivity contribution in [3.05, 3.63) is 53.3 Å². The van der Waals surface area contributed by atoms with Crippen molar-refractivity contribution in [2.75, 3.05) is 18.2 Å². The minimum Gasteiger partial charge on any atom is -0.495 e. The topological polar surface area (TPSA) is 64.3 Å². The number of anilines is 2. The number of halogens is 1. The van der Waals surface area contributed by atoms with Crippen LogP contribution in [0.3, 0.4) is 0 Å². The molecule has 0 aliphatic rings. The van der Waals surface area contributed by atoms with Crippen molar-refractivity contribution in [2.24, 2.45) is 0 Å². The van der Waals surface area contributed by atoms with Crippen LogP contribution in [0.15, 0.2) is 36.4 Å². The smallest absolute Gasteiger partial charge is 0.255 e. The van der Waals surface area contributed by atoms with Gasteiger partial charge < -0.3 is 15.8 Å². The van der Waals surface area contributed by atoms with E-state index in [4.69, 9.17) is 10.5 Å². The fourth-order valence-corrected chi connectivity index (χ4v) is 1.78. The number of ether oxygens (including phenoxy) is 1. The number of nitrogen functional groups attached to an aromatic ring is 1. The Labute approximate surface area is 116 Å². The normalized spacial score (nSPS) is 10.2. The highest BCUT2D eigenvalue weighted by Gasteiger charge is 2.11. The van der Waals surface area contributed by atoms with Crippen LogP contribution < -0.4 is 15.8 Å². The molecule has 0 unspecified atom stereocenters. The van der Waals surface area contributed by atoms with Gasteiger partial charge in [-0.15, -0.1) is 0 Å². The molecular formula is C15H15FN2O2. The number of carbonyl (C=O) groups excluding carboxylic acids is 1. The molecule has 2 rings (SSSR count). The lowest BCUT2D eigenvalue weighted by Crippen LogP contribution is -2.13. The van der Waals surface area contributed by atoms with Crippen LogP contribution >= 0.6 is 0 Å². The second kappa shape index (κ2) is 5.61. The summed E-state index contributed by atoms with van der Waals surface area (Å²) in [4.78, 5) is 12.1. The number of benzene rings is 2. The van der Waals surface area contributed by atoms with Crippen LogP contribution in [0.5, 0.6) is 5.75 Å². The molecule has 0 radical (unpaired) electrons. The quantitative estimate of drug-likeness (QED) is 0.846. The Balaban J connectivity index is 2.27. The third kappa shape index (κ3) is 2.88. The third-order valence-electron chi connectivity index (χ3n) is 2.87. The van der Waals surface area contributed by atoms with Crippen LogP contribution in [0.2, 0.25) is 0 Å². The Morgan fingerprint density at radius 3 is 2.65 bits per heavy atom. The molecular weight excluding hydrogens is 259 g/mol. The average molecular weight is 274 g/mol. The van der Waals surface area contributed by atoms with Crippen molar-refractivity contribution >= 4 is 17.3 Å². The van der Waals surface area contributed by atoms with E-state index in [0.29, 0.717) is 11.4 Å². The van der Waals surface area contributed by atoms with Crippen LogP contribution in [0.4, 0.5) is 15.8 Å². The van der Waals surface area contributed by atoms with Gasteiger partial charge in [-0.3, -0.25) is 4.79 Å². The maximum Gasteiger partial charge on any atom is 0.255 e. The second-order valence-corrected chi connectivity index (χ2v) is 4.39. The molecule has 0 bridgehead atoms. The molecule has 0 fully saturated rings. The molecule has 0 aliphatic heterocycles. The molecule has 0 aromatic heterocycles. The highest BCUT2D eigenvalue weighted by molar-refractivity contribution is 6.05. The van der Waals surface area contributed by atoms with Gasteiger partial charge in [-0.05, 0) is 42.8 Å². The van der Waals surface area contributed by atoms with E-state index in [2.05, 4.69) is 5.32 Å². The molecule has 104 valence electrons. The summed E-state index contributed by atoms with van der Waals surface area (Å²) in [5.41, 5.74) is 7.10. The van der Waals surface area contributed by atoms with E-state index in [1.165, 1.54) is 19.2 Å². The van der Waals surface area contributed by atoms with Crippen molar-refractivity contribution in [3.63, 3.8) is 0 Å². The van der Waals surface area contributed by atoms with E-state index in [1.807, 2.05) is 13.0 Å². The third-order valence-corrected chi connectivity index (χ3v) is 2.87. The molecule has 2 aromatic rings. The Morgan fingerprint density at radius 2 is 2.00 bits per heavy atom. The number of amides is 1. The van der Waals surface area contributed by atoms with E-state index in [9.17, 15) is 9.18 Å². The number of methoxy groups -OCH3 is 1. The predicted molar refractivity (Wildman–Crippen MR) is 76.5 cm³/mol. The Hall–Kier alpha value is -2.56. The van der Waals surface area contributed by atoms with E-state index in [0.717, 1.165) is 11.6 Å². The van der Waals surface area contributed by atoms with Gasteiger partial charge in [-0.25, -0.2) is 4.39 Å². The van der Waals surface area contributed by atoms with Crippen molar-refractivity contribution in [1.82, 2.24) is 0 Å². The number of rotatable bonds is 3. The van der Waals surface area contributed by atoms with Crippen LogP contribution in [0, 0.1) is 12.7 Å². The van der Waals surface area contributed by atoms with Gasteiger partial charge in [0.15, 0.2) is 0 Å². The summed E-state index contributed by atoms with van der Waals surface area (Å²) in [6, 6.07) is 9.34. The first-order chi connectivity index (χ1) is 9.51. The molecule has 2 aromatic carbocycles. The first kappa shape index (κ1) is 13.9. The number of nitrogens with one attached hydrogen (secondary N) is 1. The second-order valence-electron chi connectivity index (χ2n) is 4.39. The zero-order chi connectivity index (χ0) is 14.7. The molecule has 5 heteroatoms. The Bertz CT molecular complexity index is 656. The molecule has 3 N–H and O–H groups in total. The van der Waals surface area contributed by atoms with Gasteiger partial charge in [0.1, 0.15) is 11.6 Å². The molecule has 0 aliphatic carbocycles. The summed E-state index contributed by atoms with van der Waals surface area (Å²) in [5.74, 6) is -0.499. The maximum absolute atomic E-state index is 13.4. The summed E-state index contributed by atoms with van der Waals surface area (Å²) >= 11 is 0. The largest absolute Gasteiger partial charge is 0.495 e. The van der Waals surface area contributed by atoms with E-state index < -0.39 is 11.7 Å². The summed E-state index contributed by atoms with van der Waals surface area (Å²) in [6.45, 7) is 1.90. The highest BCUT2D eigenvalue weighted by Crippen LogP contribution is 2.26.